The molecule has 0 heterocycles. The van der Waals surface area contributed by atoms with E-state index in [1.54, 1.807) is 6.92 Å². The molecule has 0 fully saturated rings. The van der Waals surface area contributed by atoms with E-state index in [2.05, 4.69) is 0 Å². The lowest BCUT2D eigenvalue weighted by Gasteiger charge is -2.14. The Morgan fingerprint density at radius 3 is 2.43 bits per heavy atom. The number of aliphatic hydroxyl groups is 1. The summed E-state index contributed by atoms with van der Waals surface area (Å²) in [7, 11) is 0. The summed E-state index contributed by atoms with van der Waals surface area (Å²) < 4.78 is 0. The van der Waals surface area contributed by atoms with E-state index in [1.165, 1.54) is 0 Å². The number of hydrogen-bond acceptors (Lipinski definition) is 2. The van der Waals surface area contributed by atoms with Crippen LogP contribution in [0.5, 0.6) is 0 Å². The quantitative estimate of drug-likeness (QED) is 0.759. The monoisotopic (exact) mass is 194 g/mol. The fourth-order valence-corrected chi connectivity index (χ4v) is 1.34. The summed E-state index contributed by atoms with van der Waals surface area (Å²) in [4.78, 5) is 10.5. The fourth-order valence-electron chi connectivity index (χ4n) is 1.34. The molecule has 2 unspecified atom stereocenters. The van der Waals surface area contributed by atoms with Gasteiger partial charge in [-0.15, -0.1) is 0 Å². The van der Waals surface area contributed by atoms with Crippen molar-refractivity contribution in [3.8, 4) is 0 Å². The lowest BCUT2D eigenvalue weighted by Crippen LogP contribution is -2.28. The highest BCUT2D eigenvalue weighted by Crippen LogP contribution is 2.11. The molecule has 0 saturated heterocycles. The van der Waals surface area contributed by atoms with Crippen LogP contribution in [0.4, 0.5) is 0 Å². The van der Waals surface area contributed by atoms with Crippen LogP contribution in [0.3, 0.4) is 0 Å². The predicted molar refractivity (Wildman–Crippen MR) is 53.0 cm³/mol. The van der Waals surface area contributed by atoms with Gasteiger partial charge in [0.05, 0.1) is 0 Å². The van der Waals surface area contributed by atoms with Crippen molar-refractivity contribution in [3.05, 3.63) is 35.9 Å². The molecule has 0 radical (unpaired) electrons. The van der Waals surface area contributed by atoms with Crippen LogP contribution in [-0.2, 0) is 11.2 Å². The van der Waals surface area contributed by atoms with Gasteiger partial charge in [0.2, 0.25) is 0 Å². The SMILES string of the molecule is CC(Cc1ccccc1)C(O)C(=O)O. The topological polar surface area (TPSA) is 57.5 Å². The van der Waals surface area contributed by atoms with Gasteiger partial charge >= 0.3 is 5.97 Å². The van der Waals surface area contributed by atoms with Gasteiger partial charge in [0.25, 0.3) is 0 Å². The molecule has 0 aliphatic heterocycles. The predicted octanol–water partition coefficient (Wildman–Crippen LogP) is 1.31. The average molecular weight is 194 g/mol. The van der Waals surface area contributed by atoms with Gasteiger partial charge in [-0.25, -0.2) is 4.79 Å². The third kappa shape index (κ3) is 2.85. The second kappa shape index (κ2) is 4.77. The molecular formula is C11H14O3. The molecule has 2 N–H and O–H groups in total. The van der Waals surface area contributed by atoms with Crippen LogP contribution >= 0.6 is 0 Å². The van der Waals surface area contributed by atoms with Crippen LogP contribution in [0.1, 0.15) is 12.5 Å². The van der Waals surface area contributed by atoms with Crippen LogP contribution in [-0.4, -0.2) is 22.3 Å². The van der Waals surface area contributed by atoms with Gasteiger partial charge in [0.15, 0.2) is 6.10 Å². The van der Waals surface area contributed by atoms with Crippen molar-refractivity contribution in [2.75, 3.05) is 0 Å². The number of aliphatic hydroxyl groups excluding tert-OH is 1. The maximum absolute atomic E-state index is 10.5. The molecule has 0 amide bonds. The highest BCUT2D eigenvalue weighted by Gasteiger charge is 2.21. The molecule has 0 aliphatic carbocycles. The Balaban J connectivity index is 2.57. The molecule has 0 bridgehead atoms. The maximum atomic E-state index is 10.5. The summed E-state index contributed by atoms with van der Waals surface area (Å²) in [5.74, 6) is -1.43. The number of aliphatic carboxylic acids is 1. The van der Waals surface area contributed by atoms with Crippen molar-refractivity contribution in [3.63, 3.8) is 0 Å². The van der Waals surface area contributed by atoms with E-state index in [-0.39, 0.29) is 5.92 Å². The van der Waals surface area contributed by atoms with Crippen molar-refractivity contribution in [1.29, 1.82) is 0 Å². The van der Waals surface area contributed by atoms with E-state index in [9.17, 15) is 9.90 Å². The molecule has 1 rings (SSSR count). The van der Waals surface area contributed by atoms with E-state index < -0.39 is 12.1 Å². The molecule has 0 aliphatic rings. The zero-order valence-corrected chi connectivity index (χ0v) is 8.05. The maximum Gasteiger partial charge on any atom is 0.332 e. The van der Waals surface area contributed by atoms with Crippen LogP contribution in [0.15, 0.2) is 30.3 Å². The fraction of sp³-hybridized carbons (Fsp3) is 0.364. The lowest BCUT2D eigenvalue weighted by atomic mass is 9.96. The zero-order chi connectivity index (χ0) is 10.6. The standard InChI is InChI=1S/C11H14O3/c1-8(10(12)11(13)14)7-9-5-3-2-4-6-9/h2-6,8,10,12H,7H2,1H3,(H,13,14). The van der Waals surface area contributed by atoms with Crippen molar-refractivity contribution >= 4 is 5.97 Å². The largest absolute Gasteiger partial charge is 0.479 e. The summed E-state index contributed by atoms with van der Waals surface area (Å²) in [6.45, 7) is 1.73. The molecule has 76 valence electrons. The van der Waals surface area contributed by atoms with Gasteiger partial charge < -0.3 is 10.2 Å². The van der Waals surface area contributed by atoms with Crippen LogP contribution in [0, 0.1) is 5.92 Å². The Bertz CT molecular complexity index is 295. The van der Waals surface area contributed by atoms with E-state index >= 15 is 0 Å². The smallest absolute Gasteiger partial charge is 0.332 e. The number of rotatable bonds is 4. The average Bonchev–Trinajstić information content (AvgIpc) is 2.18. The Hall–Kier alpha value is -1.35. The summed E-state index contributed by atoms with van der Waals surface area (Å²) >= 11 is 0. The van der Waals surface area contributed by atoms with Gasteiger partial charge in [-0.3, -0.25) is 0 Å². The molecule has 0 saturated carbocycles. The molecule has 3 nitrogen and oxygen atoms in total. The van der Waals surface area contributed by atoms with Crippen LogP contribution < -0.4 is 0 Å². The molecule has 0 spiro atoms. The highest BCUT2D eigenvalue weighted by molar-refractivity contribution is 5.72. The lowest BCUT2D eigenvalue weighted by molar-refractivity contribution is -0.149. The molecule has 3 heteroatoms. The first-order valence-corrected chi connectivity index (χ1v) is 4.56. The molecule has 14 heavy (non-hydrogen) atoms. The first-order valence-electron chi connectivity index (χ1n) is 4.56. The number of benzene rings is 1. The summed E-state index contributed by atoms with van der Waals surface area (Å²) in [5.41, 5.74) is 1.04. The van der Waals surface area contributed by atoms with Crippen molar-refractivity contribution < 1.29 is 15.0 Å². The first-order chi connectivity index (χ1) is 6.61. The van der Waals surface area contributed by atoms with Crippen LogP contribution in [0.2, 0.25) is 0 Å². The van der Waals surface area contributed by atoms with Gasteiger partial charge in [-0.2, -0.15) is 0 Å². The third-order valence-corrected chi connectivity index (χ3v) is 2.19. The minimum atomic E-state index is -1.28. The summed E-state index contributed by atoms with van der Waals surface area (Å²) in [6.07, 6.45) is -0.705. The second-order valence-corrected chi connectivity index (χ2v) is 3.45. The van der Waals surface area contributed by atoms with Crippen molar-refractivity contribution in [1.82, 2.24) is 0 Å². The molecule has 1 aromatic carbocycles. The Morgan fingerprint density at radius 2 is 1.93 bits per heavy atom. The second-order valence-electron chi connectivity index (χ2n) is 3.45. The van der Waals surface area contributed by atoms with Gasteiger partial charge in [0, 0.05) is 0 Å². The number of carboxylic acids is 1. The molecule has 0 aromatic heterocycles. The van der Waals surface area contributed by atoms with Crippen molar-refractivity contribution in [2.45, 2.75) is 19.4 Å². The van der Waals surface area contributed by atoms with E-state index in [1.807, 2.05) is 30.3 Å². The third-order valence-electron chi connectivity index (χ3n) is 2.19. The summed E-state index contributed by atoms with van der Waals surface area (Å²) in [5, 5.41) is 17.8. The normalized spacial score (nSPS) is 14.7. The highest BCUT2D eigenvalue weighted by atomic mass is 16.4. The van der Waals surface area contributed by atoms with E-state index in [4.69, 9.17) is 5.11 Å². The Kier molecular flexibility index (Phi) is 3.65. The molecular weight excluding hydrogens is 180 g/mol. The molecule has 1 aromatic rings. The van der Waals surface area contributed by atoms with Gasteiger partial charge in [0.1, 0.15) is 0 Å². The molecule has 2 atom stereocenters. The zero-order valence-electron chi connectivity index (χ0n) is 8.05. The first kappa shape index (κ1) is 10.7. The number of carbonyl (C=O) groups is 1. The summed E-state index contributed by atoms with van der Waals surface area (Å²) in [6, 6.07) is 9.54. The van der Waals surface area contributed by atoms with Crippen molar-refractivity contribution in [2.24, 2.45) is 5.92 Å². The number of hydrogen-bond donors (Lipinski definition) is 2. The van der Waals surface area contributed by atoms with Gasteiger partial charge in [-0.1, -0.05) is 37.3 Å². The van der Waals surface area contributed by atoms with E-state index in [0.717, 1.165) is 5.56 Å². The Labute approximate surface area is 83.0 Å². The van der Waals surface area contributed by atoms with E-state index in [0.29, 0.717) is 6.42 Å². The number of carboxylic acid groups (broad SMARTS) is 1. The minimum absolute atomic E-state index is 0.269. The van der Waals surface area contributed by atoms with Crippen LogP contribution in [0.25, 0.3) is 0 Å². The van der Waals surface area contributed by atoms with Gasteiger partial charge in [-0.05, 0) is 17.9 Å². The minimum Gasteiger partial charge on any atom is -0.479 e. The Morgan fingerprint density at radius 1 is 1.36 bits per heavy atom.